The van der Waals surface area contributed by atoms with Gasteiger partial charge in [-0.2, -0.15) is 0 Å². The Morgan fingerprint density at radius 3 is 2.68 bits per heavy atom. The van der Waals surface area contributed by atoms with Crippen LogP contribution in [-0.4, -0.2) is 34.5 Å². The van der Waals surface area contributed by atoms with Gasteiger partial charge in [0.1, 0.15) is 0 Å². The molecule has 2 heterocycles. The van der Waals surface area contributed by atoms with Gasteiger partial charge in [-0.3, -0.25) is 14.6 Å². The van der Waals surface area contributed by atoms with Gasteiger partial charge < -0.3 is 10.2 Å². The van der Waals surface area contributed by atoms with E-state index in [0.29, 0.717) is 18.0 Å². The molecule has 0 saturated carbocycles. The van der Waals surface area contributed by atoms with E-state index in [1.54, 1.807) is 12.3 Å². The molecule has 0 radical (unpaired) electrons. The molecule has 1 fully saturated rings. The molecule has 1 saturated heterocycles. The molecule has 1 aromatic rings. The van der Waals surface area contributed by atoms with Gasteiger partial charge in [0.15, 0.2) is 0 Å². The van der Waals surface area contributed by atoms with Crippen LogP contribution in [0.4, 0.5) is 4.79 Å². The summed E-state index contributed by atoms with van der Waals surface area (Å²) in [4.78, 5) is 42.5. The van der Waals surface area contributed by atoms with Gasteiger partial charge in [-0.05, 0) is 12.1 Å². The maximum absolute atomic E-state index is 11.4. The van der Waals surface area contributed by atoms with Gasteiger partial charge in [0.25, 0.3) is 11.8 Å². The smallest absolute Gasteiger partial charge is 0.319 e. The zero-order valence-electron chi connectivity index (χ0n) is 10.2. The lowest BCUT2D eigenvalue weighted by Crippen LogP contribution is -2.37. The van der Waals surface area contributed by atoms with Crippen molar-refractivity contribution in [3.8, 4) is 0 Å². The molecular formula is C12H13N3O4. The van der Waals surface area contributed by atoms with Gasteiger partial charge >= 0.3 is 6.09 Å². The normalized spacial score (nSPS) is 14.6. The highest BCUT2D eigenvalue weighted by molar-refractivity contribution is 6.01. The van der Waals surface area contributed by atoms with Gasteiger partial charge in [-0.25, -0.2) is 4.79 Å². The zero-order chi connectivity index (χ0) is 13.7. The van der Waals surface area contributed by atoms with Crippen molar-refractivity contribution in [1.29, 1.82) is 0 Å². The minimum absolute atomic E-state index is 0.0834. The summed E-state index contributed by atoms with van der Waals surface area (Å²) in [5.41, 5.74) is 0.830. The average molecular weight is 263 g/mol. The lowest BCUT2D eigenvalue weighted by Gasteiger charge is -2.12. The van der Waals surface area contributed by atoms with Crippen molar-refractivity contribution in [3.63, 3.8) is 0 Å². The number of carbonyl (C=O) groups excluding carboxylic acids is 3. The highest BCUT2D eigenvalue weighted by Gasteiger charge is 2.32. The number of imide groups is 1. The van der Waals surface area contributed by atoms with Crippen LogP contribution in [0.15, 0.2) is 24.4 Å². The van der Waals surface area contributed by atoms with Crippen LogP contribution in [0.25, 0.3) is 0 Å². The number of pyridine rings is 1. The molecule has 2 rings (SSSR count). The quantitative estimate of drug-likeness (QED) is 0.795. The summed E-state index contributed by atoms with van der Waals surface area (Å²) in [7, 11) is 0. The maximum Gasteiger partial charge on any atom is 0.432 e. The van der Waals surface area contributed by atoms with E-state index in [1.807, 2.05) is 12.1 Å². The van der Waals surface area contributed by atoms with E-state index in [0.717, 1.165) is 5.69 Å². The minimum atomic E-state index is -0.820. The maximum atomic E-state index is 11.4. The fraction of sp³-hybridized carbons (Fsp3) is 0.333. The molecule has 1 aliphatic rings. The molecule has 0 atom stereocenters. The predicted octanol–water partition coefficient (Wildman–Crippen LogP) is 0.414. The first-order valence-corrected chi connectivity index (χ1v) is 5.88. The molecule has 0 bridgehead atoms. The van der Waals surface area contributed by atoms with E-state index in [2.05, 4.69) is 15.1 Å². The molecule has 0 aliphatic carbocycles. The van der Waals surface area contributed by atoms with E-state index in [4.69, 9.17) is 0 Å². The van der Waals surface area contributed by atoms with Gasteiger partial charge in [0.05, 0.1) is 0 Å². The van der Waals surface area contributed by atoms with Crippen LogP contribution in [0.5, 0.6) is 0 Å². The molecule has 7 heteroatoms. The Hall–Kier alpha value is -2.44. The molecule has 1 aromatic heterocycles. The number of amides is 3. The largest absolute Gasteiger partial charge is 0.432 e. The second-order valence-electron chi connectivity index (χ2n) is 3.96. The number of nitrogens with zero attached hydrogens (tertiary/aromatic N) is 2. The third kappa shape index (κ3) is 3.51. The Labute approximate surface area is 109 Å². The van der Waals surface area contributed by atoms with Crippen LogP contribution >= 0.6 is 0 Å². The first kappa shape index (κ1) is 13.0. The summed E-state index contributed by atoms with van der Waals surface area (Å²) in [5.74, 6) is -0.991. The Bertz CT molecular complexity index is 473. The fourth-order valence-corrected chi connectivity index (χ4v) is 1.61. The summed E-state index contributed by atoms with van der Waals surface area (Å²) in [5, 5.41) is 2.96. The van der Waals surface area contributed by atoms with E-state index in [9.17, 15) is 14.4 Å². The van der Waals surface area contributed by atoms with Gasteiger partial charge in [0.2, 0.25) is 0 Å². The molecule has 19 heavy (non-hydrogen) atoms. The third-order valence-electron chi connectivity index (χ3n) is 2.56. The van der Waals surface area contributed by atoms with Crippen molar-refractivity contribution in [2.75, 3.05) is 6.54 Å². The monoisotopic (exact) mass is 263 g/mol. The molecular weight excluding hydrogens is 250 g/mol. The van der Waals surface area contributed by atoms with Crippen LogP contribution < -0.4 is 5.32 Å². The minimum Gasteiger partial charge on any atom is -0.319 e. The first-order valence-electron chi connectivity index (χ1n) is 5.88. The molecule has 7 nitrogen and oxygen atoms in total. The summed E-state index contributed by atoms with van der Waals surface area (Å²) in [6.07, 6.45) is 1.55. The van der Waals surface area contributed by atoms with E-state index in [-0.39, 0.29) is 12.8 Å². The summed E-state index contributed by atoms with van der Waals surface area (Å²) in [6.45, 7) is 0.312. The van der Waals surface area contributed by atoms with Gasteiger partial charge in [0, 0.05) is 37.7 Å². The number of carbonyl (C=O) groups is 3. The topological polar surface area (TPSA) is 88.6 Å². The highest BCUT2D eigenvalue weighted by atomic mass is 16.7. The molecule has 0 spiro atoms. The second kappa shape index (κ2) is 5.94. The number of aromatic nitrogens is 1. The van der Waals surface area contributed by atoms with Crippen molar-refractivity contribution in [1.82, 2.24) is 15.4 Å². The van der Waals surface area contributed by atoms with E-state index in [1.165, 1.54) is 0 Å². The molecule has 0 aromatic carbocycles. The van der Waals surface area contributed by atoms with Crippen molar-refractivity contribution >= 4 is 17.9 Å². The second-order valence-corrected chi connectivity index (χ2v) is 3.96. The van der Waals surface area contributed by atoms with Crippen LogP contribution in [0.3, 0.4) is 0 Å². The van der Waals surface area contributed by atoms with Crippen molar-refractivity contribution < 1.29 is 19.2 Å². The van der Waals surface area contributed by atoms with Crippen molar-refractivity contribution in [2.45, 2.75) is 19.3 Å². The van der Waals surface area contributed by atoms with Crippen LogP contribution in [0.2, 0.25) is 0 Å². The predicted molar refractivity (Wildman–Crippen MR) is 63.5 cm³/mol. The first-order chi connectivity index (χ1) is 9.16. The van der Waals surface area contributed by atoms with Crippen LogP contribution in [0, 0.1) is 0 Å². The lowest BCUT2D eigenvalue weighted by molar-refractivity contribution is -0.171. The molecule has 1 aliphatic heterocycles. The number of nitrogens with one attached hydrogen (secondary N) is 1. The fourth-order valence-electron chi connectivity index (χ4n) is 1.61. The lowest BCUT2D eigenvalue weighted by atomic mass is 10.3. The van der Waals surface area contributed by atoms with E-state index < -0.39 is 17.9 Å². The molecule has 1 N–H and O–H groups in total. The Balaban J connectivity index is 1.73. The Morgan fingerprint density at radius 1 is 1.32 bits per heavy atom. The molecule has 0 unspecified atom stereocenters. The van der Waals surface area contributed by atoms with Crippen molar-refractivity contribution in [2.24, 2.45) is 0 Å². The highest BCUT2D eigenvalue weighted by Crippen LogP contribution is 2.11. The standard InChI is InChI=1S/C12H13N3O4/c16-10-4-5-11(17)15(10)19-12(18)14-8-6-9-3-1-2-7-13-9/h1-3,7H,4-6,8H2,(H,14,18). The summed E-state index contributed by atoms with van der Waals surface area (Å²) >= 11 is 0. The summed E-state index contributed by atoms with van der Waals surface area (Å²) in [6, 6.07) is 5.48. The van der Waals surface area contributed by atoms with Crippen molar-refractivity contribution in [3.05, 3.63) is 30.1 Å². The Morgan fingerprint density at radius 2 is 2.05 bits per heavy atom. The van der Waals surface area contributed by atoms with Crippen LogP contribution in [-0.2, 0) is 20.8 Å². The summed E-state index contributed by atoms with van der Waals surface area (Å²) < 4.78 is 0. The number of hydrogen-bond acceptors (Lipinski definition) is 5. The van der Waals surface area contributed by atoms with Gasteiger partial charge in [-0.1, -0.05) is 6.07 Å². The average Bonchev–Trinajstić information content (AvgIpc) is 2.72. The molecule has 100 valence electrons. The number of rotatable bonds is 4. The van der Waals surface area contributed by atoms with Crippen LogP contribution in [0.1, 0.15) is 18.5 Å². The number of hydroxylamine groups is 2. The van der Waals surface area contributed by atoms with E-state index >= 15 is 0 Å². The number of hydrogen-bond donors (Lipinski definition) is 1. The van der Waals surface area contributed by atoms with Gasteiger partial charge in [-0.15, -0.1) is 5.06 Å². The Kier molecular flexibility index (Phi) is 4.07. The molecule has 3 amide bonds. The zero-order valence-corrected chi connectivity index (χ0v) is 10.2. The SMILES string of the molecule is O=C(NCCc1ccccn1)ON1C(=O)CCC1=O. The third-order valence-corrected chi connectivity index (χ3v) is 2.56.